The first-order chi connectivity index (χ1) is 9.57. The molecule has 0 aliphatic carbocycles. The molecule has 0 bridgehead atoms. The average molecular weight is 312 g/mol. The Labute approximate surface area is 123 Å². The van der Waals surface area contributed by atoms with E-state index in [1.807, 2.05) is 6.07 Å². The first kappa shape index (κ1) is 17.1. The fraction of sp³-hybridized carbons (Fsp3) is 0.429. The zero-order valence-electron chi connectivity index (χ0n) is 12.1. The van der Waals surface area contributed by atoms with E-state index < -0.39 is 38.8 Å². The zero-order chi connectivity index (χ0) is 16.3. The van der Waals surface area contributed by atoms with Crippen LogP contribution in [-0.4, -0.2) is 25.6 Å². The Morgan fingerprint density at radius 1 is 1.38 bits per heavy atom. The highest BCUT2D eigenvalue weighted by atomic mass is 32.2. The fourth-order valence-electron chi connectivity index (χ4n) is 1.60. The van der Waals surface area contributed by atoms with Crippen LogP contribution in [0.15, 0.2) is 29.2 Å². The maximum Gasteiger partial charge on any atom is 0.225 e. The molecule has 0 aromatic heterocycles. The normalized spacial score (nSPS) is 13.3. The smallest absolute Gasteiger partial charge is 0.225 e. The molecule has 1 rings (SSSR count). The van der Waals surface area contributed by atoms with Gasteiger partial charge in [0.25, 0.3) is 0 Å². The quantitative estimate of drug-likeness (QED) is 0.838. The minimum Gasteiger partial charge on any atom is -0.338 e. The van der Waals surface area contributed by atoms with Crippen molar-refractivity contribution in [1.82, 2.24) is 5.32 Å². The van der Waals surface area contributed by atoms with Gasteiger partial charge >= 0.3 is 0 Å². The van der Waals surface area contributed by atoms with Crippen molar-refractivity contribution in [3.63, 3.8) is 0 Å². The largest absolute Gasteiger partial charge is 0.338 e. The maximum atomic E-state index is 12.8. The van der Waals surface area contributed by atoms with Crippen LogP contribution in [0.5, 0.6) is 0 Å². The number of hydrogen-bond donors (Lipinski definition) is 1. The van der Waals surface area contributed by atoms with Gasteiger partial charge in [-0.3, -0.25) is 4.79 Å². The highest BCUT2D eigenvalue weighted by Crippen LogP contribution is 2.15. The van der Waals surface area contributed by atoms with E-state index in [4.69, 9.17) is 5.26 Å². The molecule has 0 aliphatic rings. The highest BCUT2D eigenvalue weighted by molar-refractivity contribution is 7.91. The van der Waals surface area contributed by atoms with Gasteiger partial charge in [0.1, 0.15) is 11.4 Å². The summed E-state index contributed by atoms with van der Waals surface area (Å²) in [6.45, 7) is 4.50. The second-order valence-electron chi connectivity index (χ2n) is 5.36. The van der Waals surface area contributed by atoms with Crippen molar-refractivity contribution >= 4 is 15.7 Å². The predicted octanol–water partition coefficient (Wildman–Crippen LogP) is 1.65. The van der Waals surface area contributed by atoms with E-state index in [0.717, 1.165) is 24.3 Å². The van der Waals surface area contributed by atoms with E-state index in [1.165, 1.54) is 20.8 Å². The number of carbonyl (C=O) groups is 1. The van der Waals surface area contributed by atoms with Gasteiger partial charge in [-0.1, -0.05) is 6.92 Å². The number of amides is 1. The van der Waals surface area contributed by atoms with E-state index >= 15 is 0 Å². The Kier molecular flexibility index (Phi) is 5.07. The fourth-order valence-corrected chi connectivity index (χ4v) is 3.15. The van der Waals surface area contributed by atoms with Gasteiger partial charge in [-0.15, -0.1) is 0 Å². The van der Waals surface area contributed by atoms with E-state index in [-0.39, 0.29) is 4.90 Å². The lowest BCUT2D eigenvalue weighted by Crippen LogP contribution is -2.45. The van der Waals surface area contributed by atoms with E-state index in [1.54, 1.807) is 0 Å². The first-order valence-corrected chi connectivity index (χ1v) is 7.94. The summed E-state index contributed by atoms with van der Waals surface area (Å²) < 4.78 is 37.1. The minimum atomic E-state index is -3.69. The zero-order valence-corrected chi connectivity index (χ0v) is 12.9. The van der Waals surface area contributed by atoms with Crippen LogP contribution in [0.4, 0.5) is 4.39 Å². The van der Waals surface area contributed by atoms with Crippen LogP contribution in [0.3, 0.4) is 0 Å². The molecule has 0 saturated heterocycles. The van der Waals surface area contributed by atoms with Gasteiger partial charge in [-0.25, -0.2) is 12.8 Å². The number of rotatable bonds is 5. The summed E-state index contributed by atoms with van der Waals surface area (Å²) in [6, 6.07) is 6.33. The molecule has 1 amide bonds. The van der Waals surface area contributed by atoms with Gasteiger partial charge in [0.15, 0.2) is 9.84 Å². The van der Waals surface area contributed by atoms with E-state index in [0.29, 0.717) is 0 Å². The van der Waals surface area contributed by atoms with Crippen molar-refractivity contribution in [3.8, 4) is 6.07 Å². The van der Waals surface area contributed by atoms with Gasteiger partial charge in [0.2, 0.25) is 5.91 Å². The third-order valence-corrected chi connectivity index (χ3v) is 4.73. The van der Waals surface area contributed by atoms with Gasteiger partial charge < -0.3 is 5.32 Å². The van der Waals surface area contributed by atoms with Crippen LogP contribution in [0.2, 0.25) is 0 Å². The molecule has 0 saturated carbocycles. The lowest BCUT2D eigenvalue weighted by atomic mass is 10.1. The van der Waals surface area contributed by atoms with Crippen molar-refractivity contribution in [1.29, 1.82) is 5.26 Å². The summed E-state index contributed by atoms with van der Waals surface area (Å²) in [5.41, 5.74) is -1.06. The Hall–Kier alpha value is -1.94. The van der Waals surface area contributed by atoms with Gasteiger partial charge in [0, 0.05) is 5.92 Å². The number of sulfone groups is 1. The van der Waals surface area contributed by atoms with Gasteiger partial charge in [-0.2, -0.15) is 5.26 Å². The molecule has 1 aromatic carbocycles. The van der Waals surface area contributed by atoms with Crippen LogP contribution in [0, 0.1) is 23.1 Å². The molecule has 0 aliphatic heterocycles. The van der Waals surface area contributed by atoms with Crippen LogP contribution >= 0.6 is 0 Å². The predicted molar refractivity (Wildman–Crippen MR) is 75.5 cm³/mol. The SMILES string of the molecule is C[C@H](CS(=O)(=O)c1ccc(F)cc1)C(=O)NC(C)(C)C#N. The van der Waals surface area contributed by atoms with Gasteiger partial charge in [-0.05, 0) is 38.1 Å². The number of halogens is 1. The maximum absolute atomic E-state index is 12.8. The molecule has 0 heterocycles. The van der Waals surface area contributed by atoms with Crippen molar-refractivity contribution in [2.45, 2.75) is 31.2 Å². The third kappa shape index (κ3) is 4.83. The third-order valence-electron chi connectivity index (χ3n) is 2.80. The van der Waals surface area contributed by atoms with Crippen LogP contribution in [-0.2, 0) is 14.6 Å². The van der Waals surface area contributed by atoms with Crippen molar-refractivity contribution in [2.24, 2.45) is 5.92 Å². The monoisotopic (exact) mass is 312 g/mol. The van der Waals surface area contributed by atoms with Crippen LogP contribution in [0.25, 0.3) is 0 Å². The molecule has 1 N–H and O–H groups in total. The lowest BCUT2D eigenvalue weighted by molar-refractivity contribution is -0.124. The summed E-state index contributed by atoms with van der Waals surface area (Å²) >= 11 is 0. The second-order valence-corrected chi connectivity index (χ2v) is 7.40. The van der Waals surface area contributed by atoms with Crippen molar-refractivity contribution in [2.75, 3.05) is 5.75 Å². The van der Waals surface area contributed by atoms with Gasteiger partial charge in [0.05, 0.1) is 16.7 Å². The first-order valence-electron chi connectivity index (χ1n) is 6.29. The number of hydrogen-bond acceptors (Lipinski definition) is 4. The molecule has 7 heteroatoms. The van der Waals surface area contributed by atoms with E-state index in [9.17, 15) is 17.6 Å². The summed E-state index contributed by atoms with van der Waals surface area (Å²) in [7, 11) is -3.69. The Balaban J connectivity index is 2.82. The average Bonchev–Trinajstić information content (AvgIpc) is 2.38. The molecule has 114 valence electrons. The topological polar surface area (TPSA) is 87.0 Å². The summed E-state index contributed by atoms with van der Waals surface area (Å²) in [5, 5.41) is 11.3. The minimum absolute atomic E-state index is 0.0388. The van der Waals surface area contributed by atoms with Crippen LogP contribution in [0.1, 0.15) is 20.8 Å². The van der Waals surface area contributed by atoms with Crippen molar-refractivity contribution in [3.05, 3.63) is 30.1 Å². The second kappa shape index (κ2) is 6.22. The molecule has 0 spiro atoms. The standard InChI is InChI=1S/C14H17FN2O3S/c1-10(13(18)17-14(2,3)9-16)8-21(19,20)12-6-4-11(15)5-7-12/h4-7,10H,8H2,1-3H3,(H,17,18)/t10-/m1/s1. The molecule has 1 atom stereocenters. The molecule has 1 aromatic rings. The number of benzene rings is 1. The Morgan fingerprint density at radius 2 is 1.90 bits per heavy atom. The summed E-state index contributed by atoms with van der Waals surface area (Å²) in [5.74, 6) is -2.29. The van der Waals surface area contributed by atoms with E-state index in [2.05, 4.69) is 5.32 Å². The Bertz CT molecular complexity index is 660. The molecule has 21 heavy (non-hydrogen) atoms. The Morgan fingerprint density at radius 3 is 2.38 bits per heavy atom. The number of nitrogens with zero attached hydrogens (tertiary/aromatic N) is 1. The molecule has 0 fully saturated rings. The molecule has 0 radical (unpaired) electrons. The number of nitrogens with one attached hydrogen (secondary N) is 1. The lowest BCUT2D eigenvalue weighted by Gasteiger charge is -2.20. The molecule has 0 unspecified atom stereocenters. The number of nitriles is 1. The molecule has 5 nitrogen and oxygen atoms in total. The van der Waals surface area contributed by atoms with Crippen molar-refractivity contribution < 1.29 is 17.6 Å². The highest BCUT2D eigenvalue weighted by Gasteiger charge is 2.27. The van der Waals surface area contributed by atoms with Crippen LogP contribution < -0.4 is 5.32 Å². The number of carbonyl (C=O) groups excluding carboxylic acids is 1. The summed E-state index contributed by atoms with van der Waals surface area (Å²) in [6.07, 6.45) is 0. The summed E-state index contributed by atoms with van der Waals surface area (Å²) in [4.78, 5) is 11.9. The molecular weight excluding hydrogens is 295 g/mol. The molecular formula is C14H17FN2O3S.